The number of methoxy groups -OCH3 is 1. The van der Waals surface area contributed by atoms with Gasteiger partial charge in [-0.1, -0.05) is 12.1 Å². The molecule has 1 aromatic heterocycles. The minimum atomic E-state index is -0.829. The molecular formula is C23H27N5O4. The number of hydrogen-bond donors (Lipinski definition) is 2. The second-order valence-corrected chi connectivity index (χ2v) is 7.92. The molecule has 0 radical (unpaired) electrons. The summed E-state index contributed by atoms with van der Waals surface area (Å²) in [6.45, 7) is 2.26. The van der Waals surface area contributed by atoms with Crippen LogP contribution in [0.25, 0.3) is 10.9 Å². The van der Waals surface area contributed by atoms with E-state index in [4.69, 9.17) is 4.74 Å². The fraction of sp³-hybridized carbons (Fsp3) is 0.348. The Labute approximate surface area is 186 Å². The number of fused-ring (bicyclic) bond motifs is 1. The van der Waals surface area contributed by atoms with Crippen LogP contribution in [0.15, 0.2) is 42.5 Å². The zero-order valence-electron chi connectivity index (χ0n) is 18.4. The summed E-state index contributed by atoms with van der Waals surface area (Å²) in [6, 6.07) is 13.0. The number of carboxylic acid groups (broad SMARTS) is 1. The summed E-state index contributed by atoms with van der Waals surface area (Å²) in [7, 11) is 5.04. The van der Waals surface area contributed by atoms with Gasteiger partial charge in [-0.3, -0.25) is 19.2 Å². The molecule has 1 saturated heterocycles. The third kappa shape index (κ3) is 4.11. The molecule has 3 aromatic rings. The summed E-state index contributed by atoms with van der Waals surface area (Å²) in [5, 5.41) is 17.5. The predicted molar refractivity (Wildman–Crippen MR) is 121 cm³/mol. The molecule has 9 nitrogen and oxygen atoms in total. The van der Waals surface area contributed by atoms with Crippen LogP contribution in [0.4, 0.5) is 5.69 Å². The monoisotopic (exact) mass is 437 g/mol. The summed E-state index contributed by atoms with van der Waals surface area (Å²) in [4.78, 5) is 28.0. The first-order valence-corrected chi connectivity index (χ1v) is 10.4. The van der Waals surface area contributed by atoms with Crippen molar-refractivity contribution in [1.82, 2.24) is 20.0 Å². The standard InChI is InChI=1S/C23H27N5O4/c1-24-22(29)21-18-9-6-16(27-11-10-26(2)20(14-27)23(30)31)12-19(18)28(25-21)13-15-4-7-17(32-3)8-5-15/h4-9,12,20H,10-11,13-14H2,1-3H3,(H,24,29)(H,30,31). The Hall–Kier alpha value is -3.59. The van der Waals surface area contributed by atoms with Gasteiger partial charge in [0, 0.05) is 37.8 Å². The van der Waals surface area contributed by atoms with Crippen molar-refractivity contribution in [3.63, 3.8) is 0 Å². The number of nitrogens with zero attached hydrogens (tertiary/aromatic N) is 4. The molecule has 4 rings (SSSR count). The van der Waals surface area contributed by atoms with Crippen LogP contribution < -0.4 is 15.0 Å². The molecule has 1 unspecified atom stereocenters. The summed E-state index contributed by atoms with van der Waals surface area (Å²) in [6.07, 6.45) is 0. The average Bonchev–Trinajstić information content (AvgIpc) is 3.16. The number of ether oxygens (including phenoxy) is 1. The Bertz CT molecular complexity index is 1140. The Morgan fingerprint density at radius 3 is 2.59 bits per heavy atom. The Kier molecular flexibility index (Phi) is 6.00. The van der Waals surface area contributed by atoms with Gasteiger partial charge >= 0.3 is 5.97 Å². The van der Waals surface area contributed by atoms with Crippen LogP contribution in [-0.2, 0) is 11.3 Å². The van der Waals surface area contributed by atoms with Gasteiger partial charge < -0.3 is 20.1 Å². The van der Waals surface area contributed by atoms with E-state index in [1.165, 1.54) is 0 Å². The molecule has 0 spiro atoms. The molecular weight excluding hydrogens is 410 g/mol. The van der Waals surface area contributed by atoms with E-state index in [9.17, 15) is 14.7 Å². The second-order valence-electron chi connectivity index (χ2n) is 7.92. The van der Waals surface area contributed by atoms with Gasteiger partial charge in [-0.2, -0.15) is 5.10 Å². The molecule has 2 heterocycles. The Morgan fingerprint density at radius 2 is 1.94 bits per heavy atom. The van der Waals surface area contributed by atoms with E-state index in [1.807, 2.05) is 59.1 Å². The van der Waals surface area contributed by atoms with Crippen molar-refractivity contribution >= 4 is 28.5 Å². The molecule has 0 bridgehead atoms. The fourth-order valence-electron chi connectivity index (χ4n) is 4.04. The number of aromatic nitrogens is 2. The number of carboxylic acids is 1. The smallest absolute Gasteiger partial charge is 0.322 e. The SMILES string of the molecule is CNC(=O)c1nn(Cc2ccc(OC)cc2)c2cc(N3CCN(C)C(C(=O)O)C3)ccc12. The topological polar surface area (TPSA) is 99.9 Å². The molecule has 1 fully saturated rings. The molecule has 1 atom stereocenters. The molecule has 9 heteroatoms. The number of nitrogens with one attached hydrogen (secondary N) is 1. The summed E-state index contributed by atoms with van der Waals surface area (Å²) in [5.41, 5.74) is 3.12. The number of rotatable bonds is 6. The largest absolute Gasteiger partial charge is 0.497 e. The highest BCUT2D eigenvalue weighted by atomic mass is 16.5. The minimum absolute atomic E-state index is 0.248. The van der Waals surface area contributed by atoms with Crippen LogP contribution in [-0.4, -0.2) is 78.5 Å². The van der Waals surface area contributed by atoms with E-state index in [1.54, 1.807) is 14.2 Å². The normalized spacial score (nSPS) is 16.8. The third-order valence-corrected chi connectivity index (χ3v) is 5.97. The highest BCUT2D eigenvalue weighted by Crippen LogP contribution is 2.27. The molecule has 168 valence electrons. The second kappa shape index (κ2) is 8.88. The highest BCUT2D eigenvalue weighted by molar-refractivity contribution is 6.05. The van der Waals surface area contributed by atoms with Crippen molar-refractivity contribution in [2.24, 2.45) is 0 Å². The van der Waals surface area contributed by atoms with Crippen LogP contribution in [0.5, 0.6) is 5.75 Å². The maximum absolute atomic E-state index is 12.4. The van der Waals surface area contributed by atoms with Crippen LogP contribution in [0, 0.1) is 0 Å². The van der Waals surface area contributed by atoms with Gasteiger partial charge in [-0.25, -0.2) is 0 Å². The van der Waals surface area contributed by atoms with Crippen molar-refractivity contribution in [3.05, 3.63) is 53.7 Å². The lowest BCUT2D eigenvalue weighted by Gasteiger charge is -2.38. The van der Waals surface area contributed by atoms with Crippen molar-refractivity contribution in [2.75, 3.05) is 45.7 Å². The van der Waals surface area contributed by atoms with Crippen molar-refractivity contribution in [1.29, 1.82) is 0 Å². The first kappa shape index (κ1) is 21.6. The van der Waals surface area contributed by atoms with E-state index >= 15 is 0 Å². The number of hydrogen-bond acceptors (Lipinski definition) is 6. The summed E-state index contributed by atoms with van der Waals surface area (Å²) < 4.78 is 7.05. The molecule has 1 amide bonds. The van der Waals surface area contributed by atoms with E-state index < -0.39 is 12.0 Å². The van der Waals surface area contributed by atoms with Gasteiger partial charge in [0.15, 0.2) is 5.69 Å². The number of piperazine rings is 1. The van der Waals surface area contributed by atoms with Gasteiger partial charge in [0.05, 0.1) is 19.2 Å². The van der Waals surface area contributed by atoms with E-state index in [-0.39, 0.29) is 5.91 Å². The van der Waals surface area contributed by atoms with E-state index in [0.29, 0.717) is 25.3 Å². The quantitative estimate of drug-likeness (QED) is 0.605. The van der Waals surface area contributed by atoms with Crippen LogP contribution >= 0.6 is 0 Å². The number of amides is 1. The highest BCUT2D eigenvalue weighted by Gasteiger charge is 2.30. The number of carbonyl (C=O) groups excluding carboxylic acids is 1. The number of anilines is 1. The minimum Gasteiger partial charge on any atom is -0.497 e. The van der Waals surface area contributed by atoms with Gasteiger partial charge in [-0.05, 0) is 42.9 Å². The molecule has 1 aliphatic heterocycles. The number of aliphatic carboxylic acids is 1. The van der Waals surface area contributed by atoms with Gasteiger partial charge in [0.25, 0.3) is 5.91 Å². The zero-order chi connectivity index (χ0) is 22.8. The number of likely N-dealkylation sites (N-methyl/N-ethyl adjacent to an activating group) is 1. The van der Waals surface area contributed by atoms with Crippen LogP contribution in [0.3, 0.4) is 0 Å². The number of carbonyl (C=O) groups is 2. The van der Waals surface area contributed by atoms with Gasteiger partial charge in [0.1, 0.15) is 11.8 Å². The zero-order valence-corrected chi connectivity index (χ0v) is 18.4. The molecule has 1 aliphatic rings. The maximum atomic E-state index is 12.4. The summed E-state index contributed by atoms with van der Waals surface area (Å²) >= 11 is 0. The first-order chi connectivity index (χ1) is 15.4. The van der Waals surface area contributed by atoms with Crippen LogP contribution in [0.1, 0.15) is 16.1 Å². The Balaban J connectivity index is 1.72. The van der Waals surface area contributed by atoms with Gasteiger partial charge in [-0.15, -0.1) is 0 Å². The third-order valence-electron chi connectivity index (χ3n) is 5.97. The number of benzene rings is 2. The van der Waals surface area contributed by atoms with Crippen molar-refractivity contribution in [3.8, 4) is 5.75 Å². The molecule has 0 saturated carbocycles. The van der Waals surface area contributed by atoms with Gasteiger partial charge in [0.2, 0.25) is 0 Å². The predicted octanol–water partition coefficient (Wildman–Crippen LogP) is 1.66. The molecule has 32 heavy (non-hydrogen) atoms. The molecule has 2 N–H and O–H groups in total. The van der Waals surface area contributed by atoms with Crippen LogP contribution in [0.2, 0.25) is 0 Å². The summed E-state index contributed by atoms with van der Waals surface area (Å²) in [5.74, 6) is -0.304. The lowest BCUT2D eigenvalue weighted by molar-refractivity contribution is -0.142. The van der Waals surface area contributed by atoms with Crippen molar-refractivity contribution in [2.45, 2.75) is 12.6 Å². The fourth-order valence-corrected chi connectivity index (χ4v) is 4.04. The Morgan fingerprint density at radius 1 is 1.19 bits per heavy atom. The maximum Gasteiger partial charge on any atom is 0.322 e. The first-order valence-electron chi connectivity index (χ1n) is 10.4. The van der Waals surface area contributed by atoms with E-state index in [2.05, 4.69) is 15.3 Å². The average molecular weight is 438 g/mol. The molecule has 0 aliphatic carbocycles. The van der Waals surface area contributed by atoms with Crippen molar-refractivity contribution < 1.29 is 19.4 Å². The van der Waals surface area contributed by atoms with E-state index in [0.717, 1.165) is 34.4 Å². The lowest BCUT2D eigenvalue weighted by Crippen LogP contribution is -2.54. The molecule has 2 aromatic carbocycles. The lowest BCUT2D eigenvalue weighted by atomic mass is 10.1.